The number of amides is 1. The second-order valence-corrected chi connectivity index (χ2v) is 9.62. The lowest BCUT2D eigenvalue weighted by atomic mass is 9.94. The molecule has 6 rings (SSSR count). The molecule has 0 unspecified atom stereocenters. The Morgan fingerprint density at radius 1 is 0.800 bits per heavy atom. The molecule has 1 saturated heterocycles. The maximum atomic E-state index is 13.5. The van der Waals surface area contributed by atoms with Gasteiger partial charge in [0, 0.05) is 12.1 Å². The van der Waals surface area contributed by atoms with Crippen LogP contribution in [-0.2, 0) is 22.7 Å². The maximum Gasteiger partial charge on any atom is 0.295 e. The lowest BCUT2D eigenvalue weighted by Gasteiger charge is -2.26. The van der Waals surface area contributed by atoms with Crippen molar-refractivity contribution in [3.8, 4) is 17.2 Å². The van der Waals surface area contributed by atoms with Crippen molar-refractivity contribution in [2.75, 3.05) is 13.2 Å². The summed E-state index contributed by atoms with van der Waals surface area (Å²) < 4.78 is 17.3. The minimum atomic E-state index is -0.825. The third-order valence-corrected chi connectivity index (χ3v) is 6.97. The quantitative estimate of drug-likeness (QED) is 0.188. The van der Waals surface area contributed by atoms with Gasteiger partial charge in [-0.2, -0.15) is 0 Å². The molecule has 40 heavy (non-hydrogen) atoms. The van der Waals surface area contributed by atoms with Gasteiger partial charge in [0.2, 0.25) is 0 Å². The number of carbonyl (C=O) groups excluding carboxylic acids is 2. The number of benzene rings is 4. The fourth-order valence-electron chi connectivity index (χ4n) is 5.03. The molecule has 2 heterocycles. The minimum absolute atomic E-state index is 0.0119. The van der Waals surface area contributed by atoms with Gasteiger partial charge in [0.05, 0.1) is 11.6 Å². The van der Waals surface area contributed by atoms with Gasteiger partial charge < -0.3 is 24.2 Å². The normalized spacial score (nSPS) is 17.6. The van der Waals surface area contributed by atoms with E-state index in [1.54, 1.807) is 18.2 Å². The third kappa shape index (κ3) is 5.01. The molecular weight excluding hydrogens is 506 g/mol. The number of nitrogens with zero attached hydrogens (tertiary/aromatic N) is 1. The largest absolute Gasteiger partial charge is 0.507 e. The Hall–Kier alpha value is -5.04. The van der Waals surface area contributed by atoms with E-state index in [0.717, 1.165) is 11.1 Å². The highest BCUT2D eigenvalue weighted by Gasteiger charge is 2.46. The first-order valence-electron chi connectivity index (χ1n) is 13.1. The highest BCUT2D eigenvalue weighted by Crippen LogP contribution is 2.42. The van der Waals surface area contributed by atoms with E-state index in [1.165, 1.54) is 4.90 Å². The predicted molar refractivity (Wildman–Crippen MR) is 149 cm³/mol. The summed E-state index contributed by atoms with van der Waals surface area (Å²) in [7, 11) is 0. The van der Waals surface area contributed by atoms with Crippen molar-refractivity contribution in [1.29, 1.82) is 0 Å². The van der Waals surface area contributed by atoms with E-state index in [4.69, 9.17) is 14.2 Å². The molecular formula is C33H27NO6. The summed E-state index contributed by atoms with van der Waals surface area (Å²) in [6.45, 7) is 1.38. The summed E-state index contributed by atoms with van der Waals surface area (Å²) in [6, 6.07) is 30.7. The third-order valence-electron chi connectivity index (χ3n) is 6.97. The second-order valence-electron chi connectivity index (χ2n) is 9.62. The molecule has 0 aromatic heterocycles. The molecule has 0 saturated carbocycles. The molecule has 2 aliphatic rings. The van der Waals surface area contributed by atoms with Crippen LogP contribution in [0.5, 0.6) is 17.2 Å². The zero-order valence-electron chi connectivity index (χ0n) is 21.7. The fraction of sp³-hybridized carbons (Fsp3) is 0.152. The van der Waals surface area contributed by atoms with Crippen LogP contribution in [0.1, 0.15) is 28.3 Å². The van der Waals surface area contributed by atoms with Gasteiger partial charge in [0.25, 0.3) is 11.7 Å². The number of Topliss-reactive ketones (excluding diaryl/α,β-unsaturated/α-hetero) is 1. The van der Waals surface area contributed by atoms with Gasteiger partial charge in [0.1, 0.15) is 31.3 Å². The molecule has 200 valence electrons. The van der Waals surface area contributed by atoms with Crippen molar-refractivity contribution in [2.24, 2.45) is 0 Å². The molecule has 0 spiro atoms. The highest BCUT2D eigenvalue weighted by molar-refractivity contribution is 6.46. The van der Waals surface area contributed by atoms with Crippen LogP contribution in [0.2, 0.25) is 0 Å². The zero-order valence-corrected chi connectivity index (χ0v) is 21.7. The van der Waals surface area contributed by atoms with Gasteiger partial charge in [0.15, 0.2) is 11.5 Å². The van der Waals surface area contributed by atoms with E-state index in [-0.39, 0.29) is 17.9 Å². The van der Waals surface area contributed by atoms with Crippen molar-refractivity contribution >= 4 is 17.4 Å². The number of ketones is 1. The molecule has 0 radical (unpaired) electrons. The van der Waals surface area contributed by atoms with Gasteiger partial charge in [-0.3, -0.25) is 9.59 Å². The molecule has 1 atom stereocenters. The number of likely N-dealkylation sites (tertiary alicyclic amines) is 1. The number of hydrogen-bond donors (Lipinski definition) is 1. The number of rotatable bonds is 7. The molecule has 2 aliphatic heterocycles. The topological polar surface area (TPSA) is 85.3 Å². The van der Waals surface area contributed by atoms with Gasteiger partial charge in [-0.25, -0.2) is 0 Å². The minimum Gasteiger partial charge on any atom is -0.507 e. The average molecular weight is 534 g/mol. The SMILES string of the molecule is O=C1C(=O)N(Cc2ccccc2)[C@H](c2cccc(OCc3ccccc3)c2)/C1=C(\O)c1ccc2c(c1)OCCO2. The molecule has 4 aromatic rings. The molecule has 1 N–H and O–H groups in total. The predicted octanol–water partition coefficient (Wildman–Crippen LogP) is 5.66. The number of ether oxygens (including phenoxy) is 3. The molecule has 1 amide bonds. The molecule has 7 nitrogen and oxygen atoms in total. The van der Waals surface area contributed by atoms with Crippen LogP contribution in [-0.4, -0.2) is 34.9 Å². The van der Waals surface area contributed by atoms with Crippen LogP contribution in [0.25, 0.3) is 5.76 Å². The summed E-state index contributed by atoms with van der Waals surface area (Å²) in [5.74, 6) is -0.0706. The Morgan fingerprint density at radius 3 is 2.25 bits per heavy atom. The van der Waals surface area contributed by atoms with E-state index >= 15 is 0 Å². The Bertz CT molecular complexity index is 1580. The van der Waals surface area contributed by atoms with Crippen LogP contribution in [0.4, 0.5) is 0 Å². The number of carbonyl (C=O) groups is 2. The molecule has 4 aromatic carbocycles. The number of aliphatic hydroxyl groups is 1. The Morgan fingerprint density at radius 2 is 1.50 bits per heavy atom. The van der Waals surface area contributed by atoms with Crippen LogP contribution >= 0.6 is 0 Å². The van der Waals surface area contributed by atoms with Crippen LogP contribution < -0.4 is 14.2 Å². The number of hydrogen-bond acceptors (Lipinski definition) is 6. The first-order valence-corrected chi connectivity index (χ1v) is 13.1. The lowest BCUT2D eigenvalue weighted by molar-refractivity contribution is -0.140. The van der Waals surface area contributed by atoms with Crippen molar-refractivity contribution < 1.29 is 28.9 Å². The smallest absolute Gasteiger partial charge is 0.295 e. The van der Waals surface area contributed by atoms with Crippen molar-refractivity contribution in [1.82, 2.24) is 4.90 Å². The van der Waals surface area contributed by atoms with E-state index < -0.39 is 17.7 Å². The summed E-state index contributed by atoms with van der Waals surface area (Å²) in [6.07, 6.45) is 0. The van der Waals surface area contributed by atoms with E-state index in [9.17, 15) is 14.7 Å². The van der Waals surface area contributed by atoms with Crippen LogP contribution in [0.3, 0.4) is 0 Å². The molecule has 0 aliphatic carbocycles. The van der Waals surface area contributed by atoms with Gasteiger partial charge in [-0.05, 0) is 47.0 Å². The Balaban J connectivity index is 1.41. The fourth-order valence-corrected chi connectivity index (χ4v) is 5.03. The van der Waals surface area contributed by atoms with E-state index in [0.29, 0.717) is 48.2 Å². The van der Waals surface area contributed by atoms with Crippen molar-refractivity contribution in [3.05, 3.63) is 131 Å². The standard InChI is InChI=1S/C33H27NO6/c35-31(25-14-15-27-28(19-25)39-17-16-38-27)29-30(34(33(37)32(29)36)20-22-8-3-1-4-9-22)24-12-7-13-26(18-24)40-21-23-10-5-2-6-11-23/h1-15,18-19,30,35H,16-17,20-21H2/b31-29+/t30-/m1/s1. The van der Waals surface area contributed by atoms with Gasteiger partial charge in [-0.1, -0.05) is 72.8 Å². The summed E-state index contributed by atoms with van der Waals surface area (Å²) >= 11 is 0. The number of fused-ring (bicyclic) bond motifs is 1. The summed E-state index contributed by atoms with van der Waals surface area (Å²) in [5.41, 5.74) is 2.91. The second kappa shape index (κ2) is 11.0. The number of aliphatic hydroxyl groups excluding tert-OH is 1. The first-order chi connectivity index (χ1) is 19.6. The lowest BCUT2D eigenvalue weighted by Crippen LogP contribution is -2.29. The maximum absolute atomic E-state index is 13.5. The first kappa shape index (κ1) is 25.2. The van der Waals surface area contributed by atoms with Crippen LogP contribution in [0.15, 0.2) is 109 Å². The molecule has 7 heteroatoms. The molecule has 1 fully saturated rings. The highest BCUT2D eigenvalue weighted by atomic mass is 16.6. The van der Waals surface area contributed by atoms with E-state index in [2.05, 4.69) is 0 Å². The Labute approximate surface area is 231 Å². The molecule has 0 bridgehead atoms. The van der Waals surface area contributed by atoms with E-state index in [1.807, 2.05) is 84.9 Å². The Kier molecular flexibility index (Phi) is 6.93. The van der Waals surface area contributed by atoms with Crippen LogP contribution in [0, 0.1) is 0 Å². The van der Waals surface area contributed by atoms with Crippen molar-refractivity contribution in [2.45, 2.75) is 19.2 Å². The average Bonchev–Trinajstić information content (AvgIpc) is 3.25. The summed E-state index contributed by atoms with van der Waals surface area (Å²) in [4.78, 5) is 28.4. The monoisotopic (exact) mass is 533 g/mol. The summed E-state index contributed by atoms with van der Waals surface area (Å²) in [5, 5.41) is 11.5. The zero-order chi connectivity index (χ0) is 27.5. The van der Waals surface area contributed by atoms with Gasteiger partial charge in [-0.15, -0.1) is 0 Å². The van der Waals surface area contributed by atoms with Gasteiger partial charge >= 0.3 is 0 Å². The van der Waals surface area contributed by atoms with Crippen molar-refractivity contribution in [3.63, 3.8) is 0 Å².